The molecule has 228 valence electrons. The predicted molar refractivity (Wildman–Crippen MR) is 183 cm³/mol. The topological polar surface area (TPSA) is 76.5 Å². The van der Waals surface area contributed by atoms with E-state index in [9.17, 15) is 0 Å². The first-order valence-electron chi connectivity index (χ1n) is 14.9. The minimum atomic E-state index is 0.0768. The Morgan fingerprint density at radius 3 is 2.09 bits per heavy atom. The highest BCUT2D eigenvalue weighted by atomic mass is 79.9. The minimum Gasteiger partial charge on any atom is -0.463 e. The molecule has 2 atom stereocenters. The molecule has 1 saturated heterocycles. The van der Waals surface area contributed by atoms with Gasteiger partial charge in [0.2, 0.25) is 0 Å². The smallest absolute Gasteiger partial charge is 0.316 e. The molecule has 2 heterocycles. The highest BCUT2D eigenvalue weighted by molar-refractivity contribution is 9.10. The van der Waals surface area contributed by atoms with Gasteiger partial charge in [-0.25, -0.2) is 9.97 Å². The molecule has 2 unspecified atom stereocenters. The van der Waals surface area contributed by atoms with Gasteiger partial charge in [-0.2, -0.15) is 0 Å². The van der Waals surface area contributed by atoms with E-state index in [-0.39, 0.29) is 18.6 Å². The van der Waals surface area contributed by atoms with Crippen LogP contribution in [0.2, 0.25) is 0 Å². The third kappa shape index (κ3) is 9.68. The lowest BCUT2D eigenvalue weighted by Crippen LogP contribution is -2.41. The number of benzene rings is 4. The van der Waals surface area contributed by atoms with Gasteiger partial charge >= 0.3 is 6.01 Å². The van der Waals surface area contributed by atoms with E-state index >= 15 is 0 Å². The van der Waals surface area contributed by atoms with Crippen molar-refractivity contribution in [1.82, 2.24) is 15.3 Å². The van der Waals surface area contributed by atoms with Gasteiger partial charge in [-0.1, -0.05) is 92.5 Å². The van der Waals surface area contributed by atoms with Crippen molar-refractivity contribution in [3.05, 3.63) is 135 Å². The van der Waals surface area contributed by atoms with Crippen LogP contribution in [0.4, 0.5) is 0 Å². The van der Waals surface area contributed by atoms with Crippen molar-refractivity contribution in [2.75, 3.05) is 26.3 Å². The second-order valence-electron chi connectivity index (χ2n) is 10.8. The molecule has 0 amide bonds. The Morgan fingerprint density at radius 2 is 1.41 bits per heavy atom. The lowest BCUT2D eigenvalue weighted by atomic mass is 9.89. The third-order valence-electron chi connectivity index (χ3n) is 7.63. The molecule has 1 aliphatic rings. The number of hydrogen-bond donors (Lipinski definition) is 2. The first-order chi connectivity index (χ1) is 21.6. The number of hydrogen-bond acceptors (Lipinski definition) is 6. The molecule has 1 aliphatic heterocycles. The summed E-state index contributed by atoms with van der Waals surface area (Å²) >= 11 is 6.79. The molecule has 2 N–H and O–H groups in total. The van der Waals surface area contributed by atoms with Crippen LogP contribution in [0.3, 0.4) is 0 Å². The van der Waals surface area contributed by atoms with Crippen molar-refractivity contribution >= 4 is 42.6 Å². The summed E-state index contributed by atoms with van der Waals surface area (Å²) < 4.78 is 14.3. The number of aliphatic hydroxyl groups excluding tert-OH is 1. The van der Waals surface area contributed by atoms with Gasteiger partial charge in [-0.15, -0.1) is 0 Å². The van der Waals surface area contributed by atoms with Crippen LogP contribution >= 0.6 is 31.9 Å². The first kappa shape index (κ1) is 32.3. The molecule has 4 aromatic carbocycles. The number of piperidine rings is 1. The van der Waals surface area contributed by atoms with E-state index in [4.69, 9.17) is 14.6 Å². The van der Waals surface area contributed by atoms with E-state index in [1.54, 1.807) is 0 Å². The van der Waals surface area contributed by atoms with Crippen LogP contribution in [-0.2, 0) is 24.2 Å². The summed E-state index contributed by atoms with van der Waals surface area (Å²) in [6, 6.07) is 31.6. The molecule has 1 fully saturated rings. The highest BCUT2D eigenvalue weighted by Crippen LogP contribution is 2.28. The molecular formula is C36H37Br2N3O3. The number of ether oxygens (including phenoxy) is 2. The molecule has 1 aromatic heterocycles. The first-order valence-corrected chi connectivity index (χ1v) is 16.5. The molecule has 8 heteroatoms. The molecule has 44 heavy (non-hydrogen) atoms. The Bertz CT molecular complexity index is 1580. The van der Waals surface area contributed by atoms with Gasteiger partial charge < -0.3 is 19.9 Å². The van der Waals surface area contributed by atoms with E-state index in [0.29, 0.717) is 19.2 Å². The molecule has 0 spiro atoms. The van der Waals surface area contributed by atoms with Crippen LogP contribution in [-0.4, -0.2) is 47.5 Å². The Hall–Kier alpha value is -3.14. The van der Waals surface area contributed by atoms with E-state index in [2.05, 4.69) is 102 Å². The van der Waals surface area contributed by atoms with Crippen molar-refractivity contribution in [2.45, 2.75) is 37.9 Å². The zero-order valence-corrected chi connectivity index (χ0v) is 27.7. The fourth-order valence-corrected chi connectivity index (χ4v) is 5.73. The second kappa shape index (κ2) is 16.8. The largest absolute Gasteiger partial charge is 0.463 e. The second-order valence-corrected chi connectivity index (χ2v) is 12.6. The van der Waals surface area contributed by atoms with Crippen molar-refractivity contribution in [2.24, 2.45) is 0 Å². The maximum atomic E-state index is 8.58. The Labute approximate surface area is 276 Å². The number of nitrogens with one attached hydrogen (secondary N) is 1. The van der Waals surface area contributed by atoms with E-state index in [1.807, 2.05) is 48.8 Å². The molecule has 5 aromatic rings. The van der Waals surface area contributed by atoms with Crippen molar-refractivity contribution < 1.29 is 14.6 Å². The molecule has 6 nitrogen and oxygen atoms in total. The normalized spacial score (nSPS) is 16.2. The van der Waals surface area contributed by atoms with Crippen LogP contribution in [0.1, 0.15) is 34.6 Å². The summed E-state index contributed by atoms with van der Waals surface area (Å²) in [6.07, 6.45) is 6.42. The standard InChI is InChI=1S/C28H28BrN3O2.C8H9BrO/c29-25-9-6-20(7-10-25)12-14-33-28-31-16-24(17-32-28)26-11-13-30-18-27(26)34-19-21-5-8-22-3-1-2-4-23(22)15-21;9-8-3-1-7(2-4-8)5-6-10/h1-10,15-17,26-27,30H,11-14,18-19H2;1-4,10H,5-6H2. The van der Waals surface area contributed by atoms with E-state index in [0.717, 1.165) is 46.9 Å². The number of aliphatic hydroxyl groups is 1. The summed E-state index contributed by atoms with van der Waals surface area (Å²) in [7, 11) is 0. The molecule has 6 rings (SSSR count). The van der Waals surface area contributed by atoms with E-state index in [1.165, 1.54) is 27.5 Å². The minimum absolute atomic E-state index is 0.0768. The fraction of sp³-hybridized carbons (Fsp3) is 0.278. The van der Waals surface area contributed by atoms with Gasteiger partial charge in [0, 0.05) is 46.8 Å². The third-order valence-corrected chi connectivity index (χ3v) is 8.69. The monoisotopic (exact) mass is 717 g/mol. The van der Waals surface area contributed by atoms with Crippen molar-refractivity contribution in [3.63, 3.8) is 0 Å². The van der Waals surface area contributed by atoms with Crippen LogP contribution in [0.25, 0.3) is 10.8 Å². The Kier molecular flexibility index (Phi) is 12.3. The van der Waals surface area contributed by atoms with E-state index < -0.39 is 0 Å². The lowest BCUT2D eigenvalue weighted by molar-refractivity contribution is 0.0105. The molecule has 0 aliphatic carbocycles. The zero-order chi connectivity index (χ0) is 30.6. The maximum absolute atomic E-state index is 8.58. The van der Waals surface area contributed by atoms with Gasteiger partial charge in [0.1, 0.15) is 0 Å². The number of rotatable bonds is 10. The predicted octanol–water partition coefficient (Wildman–Crippen LogP) is 7.66. The number of fused-ring (bicyclic) bond motifs is 1. The Balaban J connectivity index is 0.000000328. The van der Waals surface area contributed by atoms with Crippen LogP contribution in [0.5, 0.6) is 6.01 Å². The van der Waals surface area contributed by atoms with Crippen LogP contribution in [0.15, 0.2) is 112 Å². The summed E-state index contributed by atoms with van der Waals surface area (Å²) in [5, 5.41) is 14.5. The number of halogens is 2. The quantitative estimate of drug-likeness (QED) is 0.155. The van der Waals surface area contributed by atoms with Crippen LogP contribution in [0, 0.1) is 0 Å². The van der Waals surface area contributed by atoms with Gasteiger partial charge in [-0.05, 0) is 82.7 Å². The lowest BCUT2D eigenvalue weighted by Gasteiger charge is -2.32. The Morgan fingerprint density at radius 1 is 0.773 bits per heavy atom. The number of nitrogens with zero attached hydrogens (tertiary/aromatic N) is 2. The zero-order valence-electron chi connectivity index (χ0n) is 24.5. The molecule has 0 saturated carbocycles. The van der Waals surface area contributed by atoms with Crippen molar-refractivity contribution in [3.8, 4) is 6.01 Å². The number of aromatic nitrogens is 2. The summed E-state index contributed by atoms with van der Waals surface area (Å²) in [6.45, 7) is 3.15. The maximum Gasteiger partial charge on any atom is 0.316 e. The fourth-order valence-electron chi connectivity index (χ4n) is 5.20. The molecule has 0 bridgehead atoms. The van der Waals surface area contributed by atoms with Crippen LogP contribution < -0.4 is 10.1 Å². The summed E-state index contributed by atoms with van der Waals surface area (Å²) in [5.41, 5.74) is 4.69. The van der Waals surface area contributed by atoms with Gasteiger partial charge in [-0.3, -0.25) is 0 Å². The van der Waals surface area contributed by atoms with Gasteiger partial charge in [0.15, 0.2) is 0 Å². The SMILES string of the molecule is Brc1ccc(CCOc2ncc(C3CCNCC3OCc3ccc4ccccc4c3)cn2)cc1.OCCc1ccc(Br)cc1. The summed E-state index contributed by atoms with van der Waals surface area (Å²) in [4.78, 5) is 8.94. The average molecular weight is 720 g/mol. The highest BCUT2D eigenvalue weighted by Gasteiger charge is 2.28. The molecular weight excluding hydrogens is 682 g/mol. The van der Waals surface area contributed by atoms with Gasteiger partial charge in [0.05, 0.1) is 19.3 Å². The summed E-state index contributed by atoms with van der Waals surface area (Å²) in [5.74, 6) is 0.263. The van der Waals surface area contributed by atoms with Gasteiger partial charge in [0.25, 0.3) is 0 Å². The molecule has 0 radical (unpaired) electrons. The average Bonchev–Trinajstić information content (AvgIpc) is 3.07. The van der Waals surface area contributed by atoms with Crippen molar-refractivity contribution in [1.29, 1.82) is 0 Å².